The number of nitrogens with zero attached hydrogens (tertiary/aromatic N) is 2. The van der Waals surface area contributed by atoms with Gasteiger partial charge in [-0.15, -0.1) is 11.3 Å². The molecule has 0 unspecified atom stereocenters. The summed E-state index contributed by atoms with van der Waals surface area (Å²) in [4.78, 5) is 13.4. The van der Waals surface area contributed by atoms with E-state index in [4.69, 9.17) is 0 Å². The summed E-state index contributed by atoms with van der Waals surface area (Å²) in [6.45, 7) is 0.524. The number of aromatic nitrogens is 1. The molecule has 0 bridgehead atoms. The van der Waals surface area contributed by atoms with Crippen molar-refractivity contribution in [2.24, 2.45) is 0 Å². The third kappa shape index (κ3) is 3.77. The molecule has 0 saturated carbocycles. The van der Waals surface area contributed by atoms with E-state index in [-0.39, 0.29) is 12.6 Å². The lowest BCUT2D eigenvalue weighted by Gasteiger charge is -2.27. The van der Waals surface area contributed by atoms with Crippen molar-refractivity contribution >= 4 is 33.1 Å². The summed E-state index contributed by atoms with van der Waals surface area (Å²) in [6.07, 6.45) is 0.547. The summed E-state index contributed by atoms with van der Waals surface area (Å²) in [5, 5.41) is 4.70. The molecule has 0 fully saturated rings. The first-order valence-electron chi connectivity index (χ1n) is 10.2. The minimum absolute atomic E-state index is 0.143. The summed E-state index contributed by atoms with van der Waals surface area (Å²) in [5.41, 5.74) is 4.02. The molecule has 5 rings (SSSR count). The first-order valence-corrected chi connectivity index (χ1v) is 12.5. The summed E-state index contributed by atoms with van der Waals surface area (Å²) < 4.78 is 29.7. The average molecular weight is 464 g/mol. The van der Waals surface area contributed by atoms with Crippen molar-refractivity contribution in [3.8, 4) is 11.3 Å². The third-order valence-electron chi connectivity index (χ3n) is 5.54. The number of anilines is 1. The highest BCUT2D eigenvalue weighted by molar-refractivity contribution is 7.91. The quantitative estimate of drug-likeness (QED) is 0.461. The Bertz CT molecular complexity index is 1350. The van der Waals surface area contributed by atoms with Crippen LogP contribution in [0.5, 0.6) is 0 Å². The molecule has 2 aromatic carbocycles. The van der Waals surface area contributed by atoms with Crippen LogP contribution in [-0.4, -0.2) is 29.9 Å². The maximum absolute atomic E-state index is 13.4. The van der Waals surface area contributed by atoms with Gasteiger partial charge in [-0.05, 0) is 47.2 Å². The van der Waals surface area contributed by atoms with Crippen molar-refractivity contribution in [2.75, 3.05) is 11.9 Å². The number of nitrogens with one attached hydrogen (secondary N) is 1. The third-order valence-corrected chi connectivity index (χ3v) is 8.75. The van der Waals surface area contributed by atoms with Crippen LogP contribution in [-0.2, 0) is 23.0 Å². The zero-order chi connectivity index (χ0) is 22.1. The first-order chi connectivity index (χ1) is 15.5. The molecule has 1 aliphatic rings. The van der Waals surface area contributed by atoms with Gasteiger partial charge < -0.3 is 5.32 Å². The number of carbonyl (C=O) groups is 1. The summed E-state index contributed by atoms with van der Waals surface area (Å²) in [7, 11) is -3.61. The molecule has 1 aliphatic heterocycles. The van der Waals surface area contributed by atoms with E-state index in [9.17, 15) is 13.2 Å². The van der Waals surface area contributed by atoms with Gasteiger partial charge in [-0.3, -0.25) is 4.57 Å². The Labute approximate surface area is 190 Å². The second-order valence-corrected chi connectivity index (χ2v) is 10.6. The number of hydrogen-bond donors (Lipinski definition) is 1. The molecule has 8 heteroatoms. The van der Waals surface area contributed by atoms with Gasteiger partial charge >= 0.3 is 6.03 Å². The van der Waals surface area contributed by atoms with Crippen LogP contribution < -0.4 is 5.32 Å². The lowest BCUT2D eigenvalue weighted by molar-refractivity contribution is 0.252. The number of para-hydroxylation sites is 1. The highest BCUT2D eigenvalue weighted by Gasteiger charge is 2.33. The van der Waals surface area contributed by atoms with E-state index in [1.807, 2.05) is 66.7 Å². The number of benzene rings is 2. The summed E-state index contributed by atoms with van der Waals surface area (Å²) >= 11 is 1.20. The van der Waals surface area contributed by atoms with Crippen molar-refractivity contribution in [3.63, 3.8) is 0 Å². The molecule has 162 valence electrons. The standard InChI is InChI=1S/C24H21N3O3S2/c28-24(25-20-10-5-2-6-11-20)27-21(18-8-3-1-4-9-18)16-19-13-14-26(17-22(19)27)32(29,30)23-12-7-15-31-23/h1-12,15-16H,13-14,17H2,(H,25,28). The zero-order valence-corrected chi connectivity index (χ0v) is 18.8. The maximum atomic E-state index is 13.4. The molecule has 6 nitrogen and oxygen atoms in total. The van der Waals surface area contributed by atoms with E-state index < -0.39 is 10.0 Å². The normalized spacial score (nSPS) is 14.1. The van der Waals surface area contributed by atoms with E-state index in [0.717, 1.165) is 16.8 Å². The minimum Gasteiger partial charge on any atom is -0.307 e. The van der Waals surface area contributed by atoms with Crippen molar-refractivity contribution in [3.05, 3.63) is 95.5 Å². The van der Waals surface area contributed by atoms with Crippen LogP contribution in [0.3, 0.4) is 0 Å². The molecule has 0 aliphatic carbocycles. The van der Waals surface area contributed by atoms with Crippen molar-refractivity contribution in [1.29, 1.82) is 0 Å². The Hall–Kier alpha value is -3.20. The molecule has 0 atom stereocenters. The first kappa shape index (κ1) is 20.7. The van der Waals surface area contributed by atoms with E-state index in [0.29, 0.717) is 28.6 Å². The van der Waals surface area contributed by atoms with Crippen LogP contribution in [0.4, 0.5) is 10.5 Å². The number of carbonyl (C=O) groups excluding carboxylic acids is 1. The van der Waals surface area contributed by atoms with Crippen LogP contribution in [0.2, 0.25) is 0 Å². The second-order valence-electron chi connectivity index (χ2n) is 7.52. The van der Waals surface area contributed by atoms with Crippen LogP contribution in [0.15, 0.2) is 88.5 Å². The summed E-state index contributed by atoms with van der Waals surface area (Å²) in [6, 6.07) is 24.0. The Morgan fingerprint density at radius 1 is 0.938 bits per heavy atom. The number of thiophene rings is 1. The van der Waals surface area contributed by atoms with Crippen LogP contribution in [0.1, 0.15) is 11.3 Å². The predicted octanol–water partition coefficient (Wildman–Crippen LogP) is 5.04. The van der Waals surface area contributed by atoms with Gasteiger partial charge in [0, 0.05) is 17.9 Å². The van der Waals surface area contributed by atoms with Crippen LogP contribution in [0, 0.1) is 0 Å². The van der Waals surface area contributed by atoms with Crippen molar-refractivity contribution in [2.45, 2.75) is 17.2 Å². The largest absolute Gasteiger partial charge is 0.330 e. The Morgan fingerprint density at radius 2 is 1.66 bits per heavy atom. The van der Waals surface area contributed by atoms with Gasteiger partial charge in [0.15, 0.2) is 0 Å². The van der Waals surface area contributed by atoms with Gasteiger partial charge in [-0.25, -0.2) is 13.2 Å². The van der Waals surface area contributed by atoms with Crippen molar-refractivity contribution < 1.29 is 13.2 Å². The fraction of sp³-hybridized carbons (Fsp3) is 0.125. The molecule has 3 heterocycles. The minimum atomic E-state index is -3.61. The highest BCUT2D eigenvalue weighted by Crippen LogP contribution is 2.33. The monoisotopic (exact) mass is 463 g/mol. The number of fused-ring (bicyclic) bond motifs is 1. The highest BCUT2D eigenvalue weighted by atomic mass is 32.2. The molecule has 2 aromatic heterocycles. The van der Waals surface area contributed by atoms with Gasteiger partial charge in [0.25, 0.3) is 10.0 Å². The van der Waals surface area contributed by atoms with E-state index in [1.54, 1.807) is 22.1 Å². The zero-order valence-electron chi connectivity index (χ0n) is 17.1. The molecule has 4 aromatic rings. The smallest absolute Gasteiger partial charge is 0.307 e. The maximum Gasteiger partial charge on any atom is 0.330 e. The Kier molecular flexibility index (Phi) is 5.42. The number of sulfonamides is 1. The topological polar surface area (TPSA) is 71.4 Å². The van der Waals surface area contributed by atoms with E-state index >= 15 is 0 Å². The number of rotatable bonds is 4. The van der Waals surface area contributed by atoms with Gasteiger partial charge in [0.2, 0.25) is 0 Å². The molecule has 0 spiro atoms. The average Bonchev–Trinajstić information content (AvgIpc) is 3.48. The molecule has 0 radical (unpaired) electrons. The van der Waals surface area contributed by atoms with Gasteiger partial charge in [-0.2, -0.15) is 4.31 Å². The number of amides is 1. The van der Waals surface area contributed by atoms with Crippen LogP contribution >= 0.6 is 11.3 Å². The van der Waals surface area contributed by atoms with Gasteiger partial charge in [0.05, 0.1) is 12.2 Å². The number of hydrogen-bond acceptors (Lipinski definition) is 4. The molecule has 32 heavy (non-hydrogen) atoms. The Balaban J connectivity index is 1.57. The molecule has 0 saturated heterocycles. The SMILES string of the molecule is O=C(Nc1ccccc1)n1c(-c2ccccc2)cc2c1CN(S(=O)(=O)c1cccs1)CC2. The van der Waals surface area contributed by atoms with E-state index in [2.05, 4.69) is 5.32 Å². The second kappa shape index (κ2) is 8.38. The van der Waals surface area contributed by atoms with Gasteiger partial charge in [0.1, 0.15) is 4.21 Å². The fourth-order valence-electron chi connectivity index (χ4n) is 3.98. The summed E-state index contributed by atoms with van der Waals surface area (Å²) in [5.74, 6) is 0. The molecular formula is C24H21N3O3S2. The Morgan fingerprint density at radius 3 is 2.34 bits per heavy atom. The van der Waals surface area contributed by atoms with Crippen LogP contribution in [0.25, 0.3) is 11.3 Å². The molecular weight excluding hydrogens is 442 g/mol. The van der Waals surface area contributed by atoms with E-state index in [1.165, 1.54) is 15.6 Å². The lowest BCUT2D eigenvalue weighted by atomic mass is 10.1. The lowest BCUT2D eigenvalue weighted by Crippen LogP contribution is -2.37. The van der Waals surface area contributed by atoms with Crippen molar-refractivity contribution in [1.82, 2.24) is 8.87 Å². The molecule has 1 amide bonds. The predicted molar refractivity (Wildman–Crippen MR) is 126 cm³/mol. The van der Waals surface area contributed by atoms with Gasteiger partial charge in [-0.1, -0.05) is 54.6 Å². The molecule has 1 N–H and O–H groups in total. The fourth-order valence-corrected chi connectivity index (χ4v) is 6.53.